The smallest absolute Gasteiger partial charge is 0.134 e. The van der Waals surface area contributed by atoms with E-state index in [-0.39, 0.29) is 11.5 Å². The van der Waals surface area contributed by atoms with Crippen LogP contribution in [0.15, 0.2) is 28.7 Å². The lowest BCUT2D eigenvalue weighted by Gasteiger charge is -2.23. The van der Waals surface area contributed by atoms with Crippen LogP contribution in [0.5, 0.6) is 0 Å². The molecular formula is C17H25NO. The van der Waals surface area contributed by atoms with Gasteiger partial charge in [-0.25, -0.2) is 0 Å². The molecule has 2 rings (SSSR count). The first kappa shape index (κ1) is 14.1. The Labute approximate surface area is 116 Å². The van der Waals surface area contributed by atoms with Crippen LogP contribution >= 0.6 is 0 Å². The van der Waals surface area contributed by atoms with E-state index in [0.29, 0.717) is 0 Å². The maximum atomic E-state index is 5.92. The van der Waals surface area contributed by atoms with Crippen LogP contribution in [0.25, 0.3) is 11.0 Å². The van der Waals surface area contributed by atoms with Crippen molar-refractivity contribution in [3.63, 3.8) is 0 Å². The highest BCUT2D eigenvalue weighted by molar-refractivity contribution is 5.79. The zero-order valence-electron chi connectivity index (χ0n) is 12.7. The van der Waals surface area contributed by atoms with Gasteiger partial charge in [0.1, 0.15) is 11.3 Å². The molecule has 19 heavy (non-hydrogen) atoms. The van der Waals surface area contributed by atoms with E-state index in [1.807, 2.05) is 0 Å². The molecule has 0 saturated carbocycles. The van der Waals surface area contributed by atoms with Crippen molar-refractivity contribution in [1.29, 1.82) is 0 Å². The molecule has 0 radical (unpaired) electrons. The molecule has 2 heteroatoms. The van der Waals surface area contributed by atoms with Crippen molar-refractivity contribution in [3.05, 3.63) is 35.6 Å². The van der Waals surface area contributed by atoms with Gasteiger partial charge in [0, 0.05) is 5.39 Å². The summed E-state index contributed by atoms with van der Waals surface area (Å²) in [6.45, 7) is 12.0. The Morgan fingerprint density at radius 1 is 1.21 bits per heavy atom. The van der Waals surface area contributed by atoms with Crippen molar-refractivity contribution in [2.24, 2.45) is 0 Å². The summed E-state index contributed by atoms with van der Waals surface area (Å²) in [4.78, 5) is 0. The molecule has 0 aliphatic carbocycles. The number of hydrogen-bond acceptors (Lipinski definition) is 2. The first-order chi connectivity index (χ1) is 8.97. The highest BCUT2D eigenvalue weighted by atomic mass is 16.3. The SMILES string of the molecule is CCNC(C)c1cc2cc(C(C)(C)CC)ccc2o1. The Morgan fingerprint density at radius 2 is 1.95 bits per heavy atom. The van der Waals surface area contributed by atoms with Gasteiger partial charge in [-0.3, -0.25) is 0 Å². The molecule has 1 atom stereocenters. The minimum absolute atomic E-state index is 0.221. The molecule has 1 heterocycles. The van der Waals surface area contributed by atoms with Gasteiger partial charge in [-0.15, -0.1) is 0 Å². The van der Waals surface area contributed by atoms with E-state index < -0.39 is 0 Å². The predicted molar refractivity (Wildman–Crippen MR) is 81.6 cm³/mol. The molecule has 1 aromatic heterocycles. The number of benzene rings is 1. The summed E-state index contributed by atoms with van der Waals surface area (Å²) in [7, 11) is 0. The largest absolute Gasteiger partial charge is 0.459 e. The number of furan rings is 1. The summed E-state index contributed by atoms with van der Waals surface area (Å²) in [6.07, 6.45) is 1.14. The van der Waals surface area contributed by atoms with Crippen LogP contribution in [0.2, 0.25) is 0 Å². The topological polar surface area (TPSA) is 25.2 Å². The van der Waals surface area contributed by atoms with E-state index in [1.54, 1.807) is 0 Å². The normalized spacial score (nSPS) is 13.9. The molecule has 0 aliphatic rings. The third-order valence-electron chi connectivity index (χ3n) is 4.14. The lowest BCUT2D eigenvalue weighted by molar-refractivity contribution is 0.459. The quantitative estimate of drug-likeness (QED) is 0.835. The van der Waals surface area contributed by atoms with Gasteiger partial charge in [-0.1, -0.05) is 33.8 Å². The highest BCUT2D eigenvalue weighted by Gasteiger charge is 2.19. The van der Waals surface area contributed by atoms with E-state index in [2.05, 4.69) is 64.2 Å². The molecule has 1 aromatic carbocycles. The minimum Gasteiger partial charge on any atom is -0.459 e. The molecule has 1 N–H and O–H groups in total. The molecular weight excluding hydrogens is 234 g/mol. The fraction of sp³-hybridized carbons (Fsp3) is 0.529. The first-order valence-electron chi connectivity index (χ1n) is 7.25. The molecule has 2 aromatic rings. The Balaban J connectivity index is 2.39. The molecule has 0 bridgehead atoms. The Hall–Kier alpha value is -1.28. The Bertz CT molecular complexity index is 553. The zero-order chi connectivity index (χ0) is 14.0. The minimum atomic E-state index is 0.221. The lowest BCUT2D eigenvalue weighted by Crippen LogP contribution is -2.16. The average molecular weight is 259 g/mol. The molecule has 2 nitrogen and oxygen atoms in total. The van der Waals surface area contributed by atoms with Gasteiger partial charge in [0.05, 0.1) is 6.04 Å². The second-order valence-corrected chi connectivity index (χ2v) is 5.92. The van der Waals surface area contributed by atoms with Gasteiger partial charge in [0.25, 0.3) is 0 Å². The van der Waals surface area contributed by atoms with Crippen LogP contribution in [-0.2, 0) is 5.41 Å². The summed E-state index contributed by atoms with van der Waals surface area (Å²) in [5.41, 5.74) is 2.58. The number of rotatable bonds is 5. The summed E-state index contributed by atoms with van der Waals surface area (Å²) < 4.78 is 5.92. The highest BCUT2D eigenvalue weighted by Crippen LogP contribution is 2.31. The molecule has 0 aliphatic heterocycles. The van der Waals surface area contributed by atoms with Crippen LogP contribution in [-0.4, -0.2) is 6.54 Å². The van der Waals surface area contributed by atoms with Crippen LogP contribution in [0.1, 0.15) is 58.4 Å². The first-order valence-corrected chi connectivity index (χ1v) is 7.25. The Morgan fingerprint density at radius 3 is 2.58 bits per heavy atom. The van der Waals surface area contributed by atoms with Gasteiger partial charge >= 0.3 is 0 Å². The molecule has 0 amide bonds. The summed E-state index contributed by atoms with van der Waals surface area (Å²) in [6, 6.07) is 8.99. The Kier molecular flexibility index (Phi) is 4.00. The molecule has 0 saturated heterocycles. The fourth-order valence-corrected chi connectivity index (χ4v) is 2.31. The molecule has 1 unspecified atom stereocenters. The fourth-order valence-electron chi connectivity index (χ4n) is 2.31. The molecule has 0 fully saturated rings. The maximum absolute atomic E-state index is 5.92. The van der Waals surface area contributed by atoms with E-state index in [0.717, 1.165) is 24.3 Å². The van der Waals surface area contributed by atoms with Crippen molar-refractivity contribution in [3.8, 4) is 0 Å². The van der Waals surface area contributed by atoms with Crippen molar-refractivity contribution in [2.75, 3.05) is 6.54 Å². The molecule has 0 spiro atoms. The predicted octanol–water partition coefficient (Wildman–Crippen LogP) is 4.79. The van der Waals surface area contributed by atoms with Gasteiger partial charge in [-0.2, -0.15) is 0 Å². The van der Waals surface area contributed by atoms with E-state index in [9.17, 15) is 0 Å². The lowest BCUT2D eigenvalue weighted by atomic mass is 9.82. The number of nitrogens with one attached hydrogen (secondary N) is 1. The van der Waals surface area contributed by atoms with Crippen LogP contribution in [0, 0.1) is 0 Å². The van der Waals surface area contributed by atoms with Crippen molar-refractivity contribution < 1.29 is 4.42 Å². The van der Waals surface area contributed by atoms with Gasteiger partial charge in [-0.05, 0) is 49.1 Å². The average Bonchev–Trinajstić information content (AvgIpc) is 2.81. The third kappa shape index (κ3) is 2.84. The number of fused-ring (bicyclic) bond motifs is 1. The van der Waals surface area contributed by atoms with Gasteiger partial charge in [0.15, 0.2) is 0 Å². The van der Waals surface area contributed by atoms with Crippen LogP contribution in [0.3, 0.4) is 0 Å². The summed E-state index contributed by atoms with van der Waals surface area (Å²) in [5.74, 6) is 1.02. The summed E-state index contributed by atoms with van der Waals surface area (Å²) >= 11 is 0. The molecule has 104 valence electrons. The van der Waals surface area contributed by atoms with E-state index in [1.165, 1.54) is 10.9 Å². The van der Waals surface area contributed by atoms with Crippen LogP contribution in [0.4, 0.5) is 0 Å². The second-order valence-electron chi connectivity index (χ2n) is 5.92. The van der Waals surface area contributed by atoms with E-state index >= 15 is 0 Å². The van der Waals surface area contributed by atoms with Crippen molar-refractivity contribution >= 4 is 11.0 Å². The monoisotopic (exact) mass is 259 g/mol. The van der Waals surface area contributed by atoms with Crippen LogP contribution < -0.4 is 5.32 Å². The van der Waals surface area contributed by atoms with Crippen molar-refractivity contribution in [2.45, 2.75) is 52.5 Å². The van der Waals surface area contributed by atoms with Gasteiger partial charge < -0.3 is 9.73 Å². The number of hydrogen-bond donors (Lipinski definition) is 1. The third-order valence-corrected chi connectivity index (χ3v) is 4.14. The van der Waals surface area contributed by atoms with Gasteiger partial charge in [0.2, 0.25) is 0 Å². The second kappa shape index (κ2) is 5.38. The maximum Gasteiger partial charge on any atom is 0.134 e. The van der Waals surface area contributed by atoms with Crippen molar-refractivity contribution in [1.82, 2.24) is 5.32 Å². The standard InChI is InChI=1S/C17H25NO/c1-6-17(4,5)14-8-9-15-13(10-14)11-16(19-15)12(3)18-7-2/h8-12,18H,6-7H2,1-5H3. The van der Waals surface area contributed by atoms with E-state index in [4.69, 9.17) is 4.42 Å². The zero-order valence-corrected chi connectivity index (χ0v) is 12.7. The summed E-state index contributed by atoms with van der Waals surface area (Å²) in [5, 5.41) is 4.59.